The summed E-state index contributed by atoms with van der Waals surface area (Å²) in [7, 11) is 0. The lowest BCUT2D eigenvalue weighted by Crippen LogP contribution is -2.13. The molecule has 0 radical (unpaired) electrons. The number of aromatic amines is 1. The first-order chi connectivity index (χ1) is 11.7. The fourth-order valence-electron chi connectivity index (χ4n) is 2.39. The van der Waals surface area contributed by atoms with Crippen molar-refractivity contribution >= 4 is 11.4 Å². The Morgan fingerprint density at radius 1 is 1.08 bits per heavy atom. The Balaban J connectivity index is 1.93. The van der Waals surface area contributed by atoms with E-state index in [9.17, 15) is 4.79 Å². The molecule has 3 rings (SSSR count). The maximum atomic E-state index is 12.6. The molecule has 0 amide bonds. The Hall–Kier alpha value is -3.21. The lowest BCUT2D eigenvalue weighted by atomic mass is 10.1. The molecule has 3 aromatic rings. The maximum absolute atomic E-state index is 12.6. The van der Waals surface area contributed by atoms with Crippen LogP contribution in [0.2, 0.25) is 0 Å². The highest BCUT2D eigenvalue weighted by Crippen LogP contribution is 2.18. The number of hydrogen-bond acceptors (Lipinski definition) is 3. The van der Waals surface area contributed by atoms with E-state index >= 15 is 0 Å². The lowest BCUT2D eigenvalue weighted by Gasteiger charge is -2.02. The van der Waals surface area contributed by atoms with Crippen LogP contribution in [0, 0.1) is 6.92 Å². The standard InChI is InChI=1S/C19H18N4O/c1-3-7-15-10-12-17(13-11-15)23-19(24)18(14(2)22-23)21-20-16-8-5-4-6-9-16/h3-6,8-13,22H,1,7H2,2H3/b21-20+. The number of nitrogens with one attached hydrogen (secondary N) is 1. The summed E-state index contributed by atoms with van der Waals surface area (Å²) in [6.07, 6.45) is 2.65. The highest BCUT2D eigenvalue weighted by Gasteiger charge is 2.12. The SMILES string of the molecule is C=CCc1ccc(-n2[nH]c(C)c(/N=N/c3ccccc3)c2=O)cc1. The fourth-order valence-corrected chi connectivity index (χ4v) is 2.39. The Kier molecular flexibility index (Phi) is 4.52. The molecular formula is C19H18N4O. The zero-order valence-corrected chi connectivity index (χ0v) is 13.4. The largest absolute Gasteiger partial charge is 0.299 e. The van der Waals surface area contributed by atoms with Crippen LogP contribution in [-0.4, -0.2) is 9.78 Å². The number of hydrogen-bond donors (Lipinski definition) is 1. The van der Waals surface area contributed by atoms with E-state index in [1.807, 2.05) is 67.6 Å². The number of H-pyrrole nitrogens is 1. The monoisotopic (exact) mass is 318 g/mol. The van der Waals surface area contributed by atoms with Crippen molar-refractivity contribution in [2.45, 2.75) is 13.3 Å². The average Bonchev–Trinajstić information content (AvgIpc) is 2.89. The first-order valence-corrected chi connectivity index (χ1v) is 7.67. The fraction of sp³-hybridized carbons (Fsp3) is 0.105. The minimum absolute atomic E-state index is 0.219. The van der Waals surface area contributed by atoms with Gasteiger partial charge >= 0.3 is 0 Å². The van der Waals surface area contributed by atoms with Crippen LogP contribution in [0.4, 0.5) is 11.4 Å². The average molecular weight is 318 g/mol. The summed E-state index contributed by atoms with van der Waals surface area (Å²) in [6, 6.07) is 17.1. The molecule has 2 aromatic carbocycles. The van der Waals surface area contributed by atoms with Crippen LogP contribution in [0.1, 0.15) is 11.3 Å². The highest BCUT2D eigenvalue weighted by atomic mass is 16.1. The van der Waals surface area contributed by atoms with Crippen molar-refractivity contribution in [3.05, 3.63) is 88.9 Å². The molecule has 0 saturated heterocycles. The van der Waals surface area contributed by atoms with E-state index in [1.54, 1.807) is 0 Å². The molecule has 0 aliphatic rings. The predicted octanol–water partition coefficient (Wildman–Crippen LogP) is 4.62. The van der Waals surface area contributed by atoms with Gasteiger partial charge in [-0.3, -0.25) is 9.89 Å². The third-order valence-corrected chi connectivity index (χ3v) is 3.64. The maximum Gasteiger partial charge on any atom is 0.299 e. The number of allylic oxidation sites excluding steroid dienone is 1. The molecule has 24 heavy (non-hydrogen) atoms. The molecule has 1 heterocycles. The minimum atomic E-state index is -0.219. The van der Waals surface area contributed by atoms with Crippen molar-refractivity contribution in [3.8, 4) is 5.69 Å². The molecule has 5 heteroatoms. The van der Waals surface area contributed by atoms with E-state index in [2.05, 4.69) is 21.9 Å². The van der Waals surface area contributed by atoms with Crippen molar-refractivity contribution < 1.29 is 0 Å². The van der Waals surface area contributed by atoms with Gasteiger partial charge in [-0.2, -0.15) is 5.11 Å². The van der Waals surface area contributed by atoms with Crippen LogP contribution in [0.15, 0.2) is 82.3 Å². The van der Waals surface area contributed by atoms with Gasteiger partial charge in [0.15, 0.2) is 5.69 Å². The van der Waals surface area contributed by atoms with Gasteiger partial charge in [-0.05, 0) is 43.2 Å². The lowest BCUT2D eigenvalue weighted by molar-refractivity contribution is 0.834. The molecule has 0 aliphatic heterocycles. The zero-order chi connectivity index (χ0) is 16.9. The van der Waals surface area contributed by atoms with Gasteiger partial charge < -0.3 is 0 Å². The van der Waals surface area contributed by atoms with Crippen LogP contribution >= 0.6 is 0 Å². The van der Waals surface area contributed by atoms with Gasteiger partial charge in [-0.1, -0.05) is 36.4 Å². The first-order valence-electron chi connectivity index (χ1n) is 7.67. The summed E-state index contributed by atoms with van der Waals surface area (Å²) in [5.74, 6) is 0. The molecule has 0 aliphatic carbocycles. The summed E-state index contributed by atoms with van der Waals surface area (Å²) in [6.45, 7) is 5.54. The predicted molar refractivity (Wildman–Crippen MR) is 95.6 cm³/mol. The summed E-state index contributed by atoms with van der Waals surface area (Å²) >= 11 is 0. The van der Waals surface area contributed by atoms with Gasteiger partial charge in [0.25, 0.3) is 5.56 Å². The Labute approximate surface area is 140 Å². The van der Waals surface area contributed by atoms with Gasteiger partial charge in [0.05, 0.1) is 17.1 Å². The molecule has 5 nitrogen and oxygen atoms in total. The molecule has 120 valence electrons. The molecule has 0 unspecified atom stereocenters. The van der Waals surface area contributed by atoms with Crippen molar-refractivity contribution in [2.75, 3.05) is 0 Å². The van der Waals surface area contributed by atoms with E-state index in [-0.39, 0.29) is 5.56 Å². The van der Waals surface area contributed by atoms with Gasteiger partial charge in [-0.15, -0.1) is 11.7 Å². The smallest absolute Gasteiger partial charge is 0.293 e. The topological polar surface area (TPSA) is 62.5 Å². The molecule has 0 fully saturated rings. The number of aryl methyl sites for hydroxylation is 1. The van der Waals surface area contributed by atoms with E-state index in [0.717, 1.165) is 17.7 Å². The number of azo groups is 1. The second kappa shape index (κ2) is 6.91. The number of aromatic nitrogens is 2. The Morgan fingerprint density at radius 2 is 1.79 bits per heavy atom. The van der Waals surface area contributed by atoms with Gasteiger partial charge in [0.1, 0.15) is 0 Å². The molecular weight excluding hydrogens is 300 g/mol. The normalized spacial score (nSPS) is 11.0. The second-order valence-corrected chi connectivity index (χ2v) is 5.42. The summed E-state index contributed by atoms with van der Waals surface area (Å²) in [5, 5.41) is 11.3. The first kappa shape index (κ1) is 15.7. The van der Waals surface area contributed by atoms with E-state index in [4.69, 9.17) is 0 Å². The van der Waals surface area contributed by atoms with E-state index in [0.29, 0.717) is 17.1 Å². The van der Waals surface area contributed by atoms with Gasteiger partial charge in [-0.25, -0.2) is 4.68 Å². The van der Waals surface area contributed by atoms with Crippen LogP contribution in [-0.2, 0) is 6.42 Å². The number of rotatable bonds is 5. The van der Waals surface area contributed by atoms with Crippen LogP contribution in [0.25, 0.3) is 5.69 Å². The van der Waals surface area contributed by atoms with Crippen molar-refractivity contribution in [1.29, 1.82) is 0 Å². The van der Waals surface area contributed by atoms with Gasteiger partial charge in [0, 0.05) is 0 Å². The third kappa shape index (κ3) is 3.25. The quantitative estimate of drug-likeness (QED) is 0.541. The van der Waals surface area contributed by atoms with Crippen LogP contribution in [0.5, 0.6) is 0 Å². The number of nitrogens with zero attached hydrogens (tertiary/aromatic N) is 3. The van der Waals surface area contributed by atoms with Crippen molar-refractivity contribution in [1.82, 2.24) is 9.78 Å². The highest BCUT2D eigenvalue weighted by molar-refractivity contribution is 5.44. The molecule has 0 spiro atoms. The Morgan fingerprint density at radius 3 is 2.46 bits per heavy atom. The van der Waals surface area contributed by atoms with E-state index < -0.39 is 0 Å². The van der Waals surface area contributed by atoms with Crippen molar-refractivity contribution in [2.24, 2.45) is 10.2 Å². The minimum Gasteiger partial charge on any atom is -0.293 e. The Bertz CT molecular complexity index is 918. The van der Waals surface area contributed by atoms with Crippen molar-refractivity contribution in [3.63, 3.8) is 0 Å². The zero-order valence-electron chi connectivity index (χ0n) is 13.4. The molecule has 0 atom stereocenters. The summed E-state index contributed by atoms with van der Waals surface area (Å²) in [4.78, 5) is 12.6. The second-order valence-electron chi connectivity index (χ2n) is 5.42. The third-order valence-electron chi connectivity index (χ3n) is 3.64. The van der Waals surface area contributed by atoms with Crippen LogP contribution < -0.4 is 5.56 Å². The number of benzene rings is 2. The molecule has 1 N–H and O–H groups in total. The van der Waals surface area contributed by atoms with Crippen LogP contribution in [0.3, 0.4) is 0 Å². The van der Waals surface area contributed by atoms with E-state index in [1.165, 1.54) is 4.68 Å². The summed E-state index contributed by atoms with van der Waals surface area (Å²) < 4.78 is 1.48. The molecule has 0 saturated carbocycles. The molecule has 0 bridgehead atoms. The summed E-state index contributed by atoms with van der Waals surface area (Å²) in [5.41, 5.74) is 3.39. The van der Waals surface area contributed by atoms with Gasteiger partial charge in [0.2, 0.25) is 0 Å². The molecule has 1 aromatic heterocycles.